The van der Waals surface area contributed by atoms with Crippen LogP contribution in [0.15, 0.2) is 18.2 Å². The third kappa shape index (κ3) is 2.88. The molecule has 0 saturated heterocycles. The van der Waals surface area contributed by atoms with E-state index >= 15 is 0 Å². The summed E-state index contributed by atoms with van der Waals surface area (Å²) in [5.74, 6) is 0.265. The number of carbonyl (C=O) groups is 1. The molecule has 0 bridgehead atoms. The number of nitriles is 1. The van der Waals surface area contributed by atoms with E-state index in [-0.39, 0.29) is 5.91 Å². The third-order valence-corrected chi connectivity index (χ3v) is 2.42. The van der Waals surface area contributed by atoms with E-state index in [1.165, 1.54) is 12.0 Å². The number of amides is 1. The average molecular weight is 233 g/mol. The topological polar surface area (TPSA) is 79.3 Å². The highest BCUT2D eigenvalue weighted by atomic mass is 16.5. The van der Waals surface area contributed by atoms with Crippen molar-refractivity contribution in [3.05, 3.63) is 23.8 Å². The predicted molar refractivity (Wildman–Crippen MR) is 64.6 cm³/mol. The minimum absolute atomic E-state index is 0.211. The van der Waals surface area contributed by atoms with Gasteiger partial charge < -0.3 is 15.4 Å². The predicted octanol–water partition coefficient (Wildman–Crippen LogP) is 1.26. The molecular formula is C12H15N3O2. The Balaban J connectivity index is 2.93. The molecule has 1 rings (SSSR count). The first-order valence-electron chi connectivity index (χ1n) is 5.16. The SMILES string of the molecule is COc1cccc(C(=O)N(C)CCC#N)c1N. The van der Waals surface area contributed by atoms with Crippen LogP contribution in [0.2, 0.25) is 0 Å². The molecule has 0 aliphatic carbocycles. The molecule has 5 heteroatoms. The molecule has 0 saturated carbocycles. The van der Waals surface area contributed by atoms with Crippen molar-refractivity contribution in [3.8, 4) is 11.8 Å². The van der Waals surface area contributed by atoms with Crippen LogP contribution in [0.5, 0.6) is 5.75 Å². The van der Waals surface area contributed by atoms with Crippen molar-refractivity contribution in [1.82, 2.24) is 4.90 Å². The van der Waals surface area contributed by atoms with Crippen LogP contribution in [0.4, 0.5) is 5.69 Å². The van der Waals surface area contributed by atoms with E-state index in [0.29, 0.717) is 30.0 Å². The van der Waals surface area contributed by atoms with Gasteiger partial charge in [0.15, 0.2) is 0 Å². The smallest absolute Gasteiger partial charge is 0.255 e. The molecule has 0 fully saturated rings. The number of nitrogens with two attached hydrogens (primary N) is 1. The van der Waals surface area contributed by atoms with Gasteiger partial charge in [-0.3, -0.25) is 4.79 Å². The number of carbonyl (C=O) groups excluding carboxylic acids is 1. The van der Waals surface area contributed by atoms with E-state index in [4.69, 9.17) is 15.7 Å². The lowest BCUT2D eigenvalue weighted by molar-refractivity contribution is 0.0799. The minimum atomic E-state index is -0.211. The van der Waals surface area contributed by atoms with Crippen molar-refractivity contribution >= 4 is 11.6 Å². The Morgan fingerprint density at radius 3 is 2.88 bits per heavy atom. The number of nitrogen functional groups attached to an aromatic ring is 1. The highest BCUT2D eigenvalue weighted by molar-refractivity contribution is 6.00. The quantitative estimate of drug-likeness (QED) is 0.794. The number of benzene rings is 1. The van der Waals surface area contributed by atoms with Gasteiger partial charge in [-0.1, -0.05) is 6.07 Å². The third-order valence-electron chi connectivity index (χ3n) is 2.42. The number of nitrogens with zero attached hydrogens (tertiary/aromatic N) is 2. The monoisotopic (exact) mass is 233 g/mol. The van der Waals surface area contributed by atoms with Crippen molar-refractivity contribution in [3.63, 3.8) is 0 Å². The summed E-state index contributed by atoms with van der Waals surface area (Å²) in [5.41, 5.74) is 6.54. The zero-order chi connectivity index (χ0) is 12.8. The van der Waals surface area contributed by atoms with E-state index < -0.39 is 0 Å². The van der Waals surface area contributed by atoms with Crippen LogP contribution in [0.3, 0.4) is 0 Å². The Bertz CT molecular complexity index is 452. The Morgan fingerprint density at radius 2 is 2.29 bits per heavy atom. The minimum Gasteiger partial charge on any atom is -0.495 e. The van der Waals surface area contributed by atoms with E-state index in [0.717, 1.165) is 0 Å². The van der Waals surface area contributed by atoms with Crippen molar-refractivity contribution in [2.45, 2.75) is 6.42 Å². The summed E-state index contributed by atoms with van der Waals surface area (Å²) in [5, 5.41) is 8.47. The summed E-state index contributed by atoms with van der Waals surface area (Å²) >= 11 is 0. The Kier molecular flexibility index (Phi) is 4.35. The van der Waals surface area contributed by atoms with Crippen LogP contribution in [-0.2, 0) is 0 Å². The number of hydrogen-bond acceptors (Lipinski definition) is 4. The van der Waals surface area contributed by atoms with Gasteiger partial charge in [-0.15, -0.1) is 0 Å². The molecule has 0 spiro atoms. The van der Waals surface area contributed by atoms with Gasteiger partial charge in [0.2, 0.25) is 0 Å². The number of ether oxygens (including phenoxy) is 1. The van der Waals surface area contributed by atoms with E-state index in [1.807, 2.05) is 6.07 Å². The van der Waals surface area contributed by atoms with E-state index in [1.54, 1.807) is 25.2 Å². The maximum atomic E-state index is 12.0. The molecular weight excluding hydrogens is 218 g/mol. The summed E-state index contributed by atoms with van der Waals surface area (Å²) in [4.78, 5) is 13.5. The zero-order valence-corrected chi connectivity index (χ0v) is 9.93. The lowest BCUT2D eigenvalue weighted by atomic mass is 10.1. The molecule has 0 aliphatic rings. The maximum Gasteiger partial charge on any atom is 0.255 e. The van der Waals surface area contributed by atoms with Gasteiger partial charge in [-0.25, -0.2) is 0 Å². The molecule has 0 unspecified atom stereocenters. The lowest BCUT2D eigenvalue weighted by Gasteiger charge is -2.17. The molecule has 0 heterocycles. The molecule has 5 nitrogen and oxygen atoms in total. The zero-order valence-electron chi connectivity index (χ0n) is 9.93. The second-order valence-corrected chi connectivity index (χ2v) is 3.56. The van der Waals surface area contributed by atoms with Crippen LogP contribution in [0.1, 0.15) is 16.8 Å². The largest absolute Gasteiger partial charge is 0.495 e. The van der Waals surface area contributed by atoms with Crippen LogP contribution >= 0.6 is 0 Å². The van der Waals surface area contributed by atoms with Gasteiger partial charge in [0, 0.05) is 13.6 Å². The summed E-state index contributed by atoms with van der Waals surface area (Å²) in [6, 6.07) is 7.04. The van der Waals surface area contributed by atoms with Crippen LogP contribution in [0.25, 0.3) is 0 Å². The first kappa shape index (κ1) is 12.8. The number of methoxy groups -OCH3 is 1. The normalized spacial score (nSPS) is 9.47. The first-order valence-corrected chi connectivity index (χ1v) is 5.16. The van der Waals surface area contributed by atoms with Gasteiger partial charge in [0.05, 0.1) is 30.9 Å². The number of hydrogen-bond donors (Lipinski definition) is 1. The Hall–Kier alpha value is -2.22. The molecule has 1 aromatic carbocycles. The Labute approximate surface area is 100 Å². The molecule has 1 amide bonds. The first-order chi connectivity index (χ1) is 8.11. The van der Waals surface area contributed by atoms with Crippen molar-refractivity contribution in [1.29, 1.82) is 5.26 Å². The lowest BCUT2D eigenvalue weighted by Crippen LogP contribution is -2.28. The van der Waals surface area contributed by atoms with Gasteiger partial charge in [0.25, 0.3) is 5.91 Å². The summed E-state index contributed by atoms with van der Waals surface area (Å²) in [6.07, 6.45) is 0.298. The fraction of sp³-hybridized carbons (Fsp3) is 0.333. The average Bonchev–Trinajstić information content (AvgIpc) is 2.35. The molecule has 0 radical (unpaired) electrons. The van der Waals surface area contributed by atoms with Gasteiger partial charge in [-0.05, 0) is 12.1 Å². The highest BCUT2D eigenvalue weighted by Gasteiger charge is 2.16. The molecule has 90 valence electrons. The number of rotatable bonds is 4. The fourth-order valence-electron chi connectivity index (χ4n) is 1.43. The molecule has 0 aromatic heterocycles. The standard InChI is InChI=1S/C12H15N3O2/c1-15(8-4-7-13)12(16)9-5-3-6-10(17-2)11(9)14/h3,5-6H,4,8,14H2,1-2H3. The van der Waals surface area contributed by atoms with Crippen LogP contribution in [-0.4, -0.2) is 31.5 Å². The van der Waals surface area contributed by atoms with Gasteiger partial charge in [0.1, 0.15) is 5.75 Å². The van der Waals surface area contributed by atoms with E-state index in [9.17, 15) is 4.79 Å². The number of anilines is 1. The van der Waals surface area contributed by atoms with Crippen LogP contribution in [0, 0.1) is 11.3 Å². The van der Waals surface area contributed by atoms with Gasteiger partial charge in [-0.2, -0.15) is 5.26 Å². The summed E-state index contributed by atoms with van der Waals surface area (Å²) < 4.78 is 5.05. The van der Waals surface area contributed by atoms with Crippen molar-refractivity contribution in [2.24, 2.45) is 0 Å². The second kappa shape index (κ2) is 5.75. The molecule has 17 heavy (non-hydrogen) atoms. The molecule has 0 atom stereocenters. The van der Waals surface area contributed by atoms with Crippen molar-refractivity contribution < 1.29 is 9.53 Å². The summed E-state index contributed by atoms with van der Waals surface area (Å²) in [7, 11) is 3.14. The highest BCUT2D eigenvalue weighted by Crippen LogP contribution is 2.25. The summed E-state index contributed by atoms with van der Waals surface area (Å²) in [6.45, 7) is 0.381. The fourth-order valence-corrected chi connectivity index (χ4v) is 1.43. The molecule has 1 aromatic rings. The Morgan fingerprint density at radius 1 is 1.59 bits per heavy atom. The van der Waals surface area contributed by atoms with Crippen molar-refractivity contribution in [2.75, 3.05) is 26.4 Å². The van der Waals surface area contributed by atoms with E-state index in [2.05, 4.69) is 0 Å². The van der Waals surface area contributed by atoms with Crippen LogP contribution < -0.4 is 10.5 Å². The van der Waals surface area contributed by atoms with Gasteiger partial charge >= 0.3 is 0 Å². The second-order valence-electron chi connectivity index (χ2n) is 3.56. The molecule has 0 aliphatic heterocycles. The number of para-hydroxylation sites is 1. The maximum absolute atomic E-state index is 12.0. The molecule has 2 N–H and O–H groups in total.